The molecule has 3 aromatic rings. The maximum atomic E-state index is 12.9. The first kappa shape index (κ1) is 19.6. The standard InChI is InChI=1S/C22H22N6O2/c1-14-8-17(10-19(9-14)30-18-4-3-5-18)22(29)27-15(2)21-25-13-26-28(21)20-7-6-16(11-23)12-24-20/h6-10,12-13,15,18H,3-5H2,1-2H3,(H,27,29)/t15-/m0/s1. The van der Waals surface area contributed by atoms with Crippen molar-refractivity contribution >= 4 is 5.91 Å². The molecule has 0 unspecified atom stereocenters. The molecule has 8 heteroatoms. The molecule has 1 N–H and O–H groups in total. The van der Waals surface area contributed by atoms with Crippen molar-refractivity contribution in [3.8, 4) is 17.6 Å². The number of amides is 1. The highest BCUT2D eigenvalue weighted by atomic mass is 16.5. The molecule has 1 atom stereocenters. The first-order valence-electron chi connectivity index (χ1n) is 9.89. The van der Waals surface area contributed by atoms with Gasteiger partial charge >= 0.3 is 0 Å². The highest BCUT2D eigenvalue weighted by Gasteiger charge is 2.21. The lowest BCUT2D eigenvalue weighted by Crippen LogP contribution is -2.29. The second kappa shape index (κ2) is 8.33. The summed E-state index contributed by atoms with van der Waals surface area (Å²) in [6.07, 6.45) is 6.45. The fraction of sp³-hybridized carbons (Fsp3) is 0.318. The second-order valence-corrected chi connectivity index (χ2v) is 7.45. The lowest BCUT2D eigenvalue weighted by Gasteiger charge is -2.26. The molecule has 0 spiro atoms. The fourth-order valence-corrected chi connectivity index (χ4v) is 3.27. The Bertz CT molecular complexity index is 1100. The first-order chi connectivity index (χ1) is 14.5. The van der Waals surface area contributed by atoms with Crippen LogP contribution in [0.5, 0.6) is 5.75 Å². The van der Waals surface area contributed by atoms with E-state index in [0.29, 0.717) is 22.8 Å². The number of nitrogens with one attached hydrogen (secondary N) is 1. The van der Waals surface area contributed by atoms with Gasteiger partial charge in [0.05, 0.1) is 17.7 Å². The van der Waals surface area contributed by atoms with Crippen LogP contribution in [0.15, 0.2) is 42.9 Å². The predicted molar refractivity (Wildman–Crippen MR) is 109 cm³/mol. The molecule has 4 rings (SSSR count). The van der Waals surface area contributed by atoms with Crippen molar-refractivity contribution < 1.29 is 9.53 Å². The van der Waals surface area contributed by atoms with Gasteiger partial charge in [-0.25, -0.2) is 9.97 Å². The van der Waals surface area contributed by atoms with Crippen molar-refractivity contribution in [3.63, 3.8) is 0 Å². The van der Waals surface area contributed by atoms with Crippen LogP contribution in [0.1, 0.15) is 59.5 Å². The quantitative estimate of drug-likeness (QED) is 0.678. The molecule has 8 nitrogen and oxygen atoms in total. The number of ether oxygens (including phenoxy) is 1. The van der Waals surface area contributed by atoms with Crippen molar-refractivity contribution in [2.75, 3.05) is 0 Å². The normalized spacial score (nSPS) is 14.4. The molecule has 0 aliphatic heterocycles. The third kappa shape index (κ3) is 4.15. The van der Waals surface area contributed by atoms with E-state index in [1.807, 2.05) is 32.0 Å². The number of rotatable bonds is 6. The van der Waals surface area contributed by atoms with Gasteiger partial charge in [0, 0.05) is 11.8 Å². The smallest absolute Gasteiger partial charge is 0.252 e. The molecule has 2 heterocycles. The van der Waals surface area contributed by atoms with Gasteiger partial charge in [-0.05, 0) is 69.0 Å². The van der Waals surface area contributed by atoms with Crippen LogP contribution < -0.4 is 10.1 Å². The average molecular weight is 402 g/mol. The van der Waals surface area contributed by atoms with Crippen LogP contribution in [0.25, 0.3) is 5.82 Å². The SMILES string of the molecule is Cc1cc(OC2CCC2)cc(C(=O)N[C@@H](C)c2ncnn2-c2ccc(C#N)cn2)c1. The zero-order chi connectivity index (χ0) is 21.1. The number of carbonyl (C=O) groups excluding carboxylic acids is 1. The second-order valence-electron chi connectivity index (χ2n) is 7.45. The molecule has 0 bridgehead atoms. The first-order valence-corrected chi connectivity index (χ1v) is 9.89. The van der Waals surface area contributed by atoms with E-state index in [1.54, 1.807) is 22.9 Å². The molecule has 30 heavy (non-hydrogen) atoms. The third-order valence-corrected chi connectivity index (χ3v) is 5.07. The summed E-state index contributed by atoms with van der Waals surface area (Å²) in [5.41, 5.74) is 1.97. The van der Waals surface area contributed by atoms with Crippen molar-refractivity contribution in [2.24, 2.45) is 0 Å². The topological polar surface area (TPSA) is 106 Å². The third-order valence-electron chi connectivity index (χ3n) is 5.07. The number of nitriles is 1. The lowest BCUT2D eigenvalue weighted by molar-refractivity contribution is 0.0934. The minimum atomic E-state index is -0.408. The van der Waals surface area contributed by atoms with Gasteiger partial charge in [-0.1, -0.05) is 0 Å². The zero-order valence-corrected chi connectivity index (χ0v) is 16.9. The van der Waals surface area contributed by atoms with Crippen molar-refractivity contribution in [3.05, 3.63) is 65.4 Å². The van der Waals surface area contributed by atoms with Gasteiger partial charge in [-0.15, -0.1) is 0 Å². The van der Waals surface area contributed by atoms with Gasteiger partial charge in [0.15, 0.2) is 11.6 Å². The number of carbonyl (C=O) groups is 1. The monoisotopic (exact) mass is 402 g/mol. The van der Waals surface area contributed by atoms with E-state index < -0.39 is 6.04 Å². The molecule has 152 valence electrons. The summed E-state index contributed by atoms with van der Waals surface area (Å²) in [6.45, 7) is 3.78. The molecule has 1 aliphatic rings. The fourth-order valence-electron chi connectivity index (χ4n) is 3.27. The number of aromatic nitrogens is 4. The van der Waals surface area contributed by atoms with Crippen LogP contribution >= 0.6 is 0 Å². The van der Waals surface area contributed by atoms with E-state index in [0.717, 1.165) is 24.2 Å². The molecule has 2 aromatic heterocycles. The largest absolute Gasteiger partial charge is 0.490 e. The number of aryl methyl sites for hydroxylation is 1. The molecule has 1 saturated carbocycles. The van der Waals surface area contributed by atoms with Gasteiger partial charge in [0.25, 0.3) is 5.91 Å². The summed E-state index contributed by atoms with van der Waals surface area (Å²) >= 11 is 0. The van der Waals surface area contributed by atoms with E-state index >= 15 is 0 Å². The Morgan fingerprint density at radius 2 is 2.13 bits per heavy atom. The van der Waals surface area contributed by atoms with Crippen LogP contribution in [-0.4, -0.2) is 31.8 Å². The summed E-state index contributed by atoms with van der Waals surface area (Å²) < 4.78 is 7.51. The van der Waals surface area contributed by atoms with Gasteiger partial charge in [-0.2, -0.15) is 15.0 Å². The van der Waals surface area contributed by atoms with E-state index in [-0.39, 0.29) is 12.0 Å². The number of benzene rings is 1. The van der Waals surface area contributed by atoms with Crippen LogP contribution in [0, 0.1) is 18.3 Å². The molecular formula is C22H22N6O2. The highest BCUT2D eigenvalue weighted by molar-refractivity contribution is 5.95. The summed E-state index contributed by atoms with van der Waals surface area (Å²) in [5, 5.41) is 16.1. The van der Waals surface area contributed by atoms with Crippen molar-refractivity contribution in [2.45, 2.75) is 45.3 Å². The average Bonchev–Trinajstić information content (AvgIpc) is 3.20. The molecule has 0 radical (unpaired) electrons. The Kier molecular flexibility index (Phi) is 5.44. The minimum Gasteiger partial charge on any atom is -0.490 e. The van der Waals surface area contributed by atoms with E-state index in [9.17, 15) is 4.79 Å². The van der Waals surface area contributed by atoms with Gasteiger partial charge in [-0.3, -0.25) is 4.79 Å². The van der Waals surface area contributed by atoms with E-state index in [4.69, 9.17) is 10.00 Å². The molecular weight excluding hydrogens is 380 g/mol. The predicted octanol–water partition coefficient (Wildman–Crippen LogP) is 3.26. The Balaban J connectivity index is 1.50. The molecule has 1 aromatic carbocycles. The van der Waals surface area contributed by atoms with Crippen LogP contribution in [-0.2, 0) is 0 Å². The lowest BCUT2D eigenvalue weighted by atomic mass is 9.96. The van der Waals surface area contributed by atoms with Crippen molar-refractivity contribution in [1.29, 1.82) is 5.26 Å². The van der Waals surface area contributed by atoms with Crippen LogP contribution in [0.2, 0.25) is 0 Å². The minimum absolute atomic E-state index is 0.216. The summed E-state index contributed by atoms with van der Waals surface area (Å²) in [6, 6.07) is 10.5. The van der Waals surface area contributed by atoms with E-state index in [1.165, 1.54) is 18.9 Å². The number of hydrogen-bond donors (Lipinski definition) is 1. The van der Waals surface area contributed by atoms with Crippen molar-refractivity contribution in [1.82, 2.24) is 25.1 Å². The summed E-state index contributed by atoms with van der Waals surface area (Å²) in [4.78, 5) is 21.4. The molecule has 1 aliphatic carbocycles. The maximum absolute atomic E-state index is 12.9. The number of nitrogens with zero attached hydrogens (tertiary/aromatic N) is 5. The van der Waals surface area contributed by atoms with E-state index in [2.05, 4.69) is 20.4 Å². The Morgan fingerprint density at radius 1 is 1.30 bits per heavy atom. The Labute approximate surface area is 174 Å². The Hall–Kier alpha value is -3.73. The molecule has 1 amide bonds. The number of pyridine rings is 1. The number of hydrogen-bond acceptors (Lipinski definition) is 6. The highest BCUT2D eigenvalue weighted by Crippen LogP contribution is 2.27. The maximum Gasteiger partial charge on any atom is 0.252 e. The van der Waals surface area contributed by atoms with Crippen LogP contribution in [0.4, 0.5) is 0 Å². The Morgan fingerprint density at radius 3 is 2.80 bits per heavy atom. The molecule has 0 saturated heterocycles. The zero-order valence-electron chi connectivity index (χ0n) is 16.9. The van der Waals surface area contributed by atoms with Gasteiger partial charge in [0.1, 0.15) is 18.1 Å². The van der Waals surface area contributed by atoms with Gasteiger partial charge < -0.3 is 10.1 Å². The van der Waals surface area contributed by atoms with Crippen LogP contribution in [0.3, 0.4) is 0 Å². The molecule has 1 fully saturated rings. The van der Waals surface area contributed by atoms with Gasteiger partial charge in [0.2, 0.25) is 0 Å². The summed E-state index contributed by atoms with van der Waals surface area (Å²) in [5.74, 6) is 1.57. The summed E-state index contributed by atoms with van der Waals surface area (Å²) in [7, 11) is 0.